The first kappa shape index (κ1) is 30.5. The molecule has 2 aliphatic carbocycles. The van der Waals surface area contributed by atoms with Gasteiger partial charge in [0.05, 0.1) is 35.5 Å². The average molecular weight is 635 g/mol. The van der Waals surface area contributed by atoms with Gasteiger partial charge >= 0.3 is 18.0 Å². The Labute approximate surface area is 256 Å². The van der Waals surface area contributed by atoms with Crippen molar-refractivity contribution in [1.29, 1.82) is 0 Å². The third kappa shape index (κ3) is 5.61. The van der Waals surface area contributed by atoms with Crippen LogP contribution in [-0.4, -0.2) is 69.0 Å². The minimum Gasteiger partial charge on any atom is -0.298 e. The molecule has 3 aromatic rings. The molecule has 3 fully saturated rings. The monoisotopic (exact) mass is 634 g/mol. The number of hydrogen-bond acceptors (Lipinski definition) is 5. The Kier molecular flexibility index (Phi) is 7.65. The summed E-state index contributed by atoms with van der Waals surface area (Å²) in [7, 11) is 2.10. The van der Waals surface area contributed by atoms with E-state index in [-0.39, 0.29) is 42.8 Å². The zero-order chi connectivity index (χ0) is 31.7. The molecule has 13 heteroatoms. The Bertz CT molecular complexity index is 1640. The van der Waals surface area contributed by atoms with Crippen LogP contribution in [-0.2, 0) is 12.7 Å². The van der Waals surface area contributed by atoms with Crippen LogP contribution < -0.4 is 11.1 Å². The topological polar surface area (TPSA) is 48.2 Å². The maximum absolute atomic E-state index is 14.3. The number of imidazole rings is 1. The largest absolute Gasteiger partial charge is 0.418 e. The minimum absolute atomic E-state index is 0.0816. The van der Waals surface area contributed by atoms with E-state index in [4.69, 9.17) is 0 Å². The Balaban J connectivity index is 1.24. The van der Waals surface area contributed by atoms with Crippen molar-refractivity contribution >= 4 is 5.52 Å². The summed E-state index contributed by atoms with van der Waals surface area (Å²) >= 11 is 0. The number of alkyl halides is 6. The third-order valence-electron chi connectivity index (χ3n) is 10.1. The zero-order valence-corrected chi connectivity index (χ0v) is 24.9. The number of fused-ring (bicyclic) bond motifs is 1. The highest BCUT2D eigenvalue weighted by atomic mass is 19.4. The lowest BCUT2D eigenvalue weighted by molar-refractivity contribution is -0.210. The van der Waals surface area contributed by atoms with E-state index in [1.165, 1.54) is 21.9 Å². The summed E-state index contributed by atoms with van der Waals surface area (Å²) in [6, 6.07) is 8.83. The predicted molar refractivity (Wildman–Crippen MR) is 156 cm³/mol. The number of hydrazine groups is 1. The van der Waals surface area contributed by atoms with E-state index in [9.17, 15) is 31.1 Å². The standard InChI is InChI=1S/C32H36F6N6O/c1-40-19-39-44(24-9-2-3-10-24)29(40)28(21-6-4-7-21)22-8-5-11-25(13-22)42-18-27-26(32(36,37)38)12-20(15-43(27)30(42)45)14-41-16-23(17-41)31(33,34)35/h2-3,5,8,11-13,15,18,21,23-24,28-29,39H,4,6-7,9-10,14,16-17,19H2,1H3/t28-,29?/m1/s1. The van der Waals surface area contributed by atoms with Crippen molar-refractivity contribution in [2.45, 2.75) is 69.1 Å². The van der Waals surface area contributed by atoms with Gasteiger partial charge in [-0.3, -0.25) is 18.8 Å². The van der Waals surface area contributed by atoms with Gasteiger partial charge in [-0.1, -0.05) is 30.7 Å². The number of benzene rings is 1. The molecule has 242 valence electrons. The molecular weight excluding hydrogens is 598 g/mol. The van der Waals surface area contributed by atoms with Crippen molar-refractivity contribution < 1.29 is 26.3 Å². The average Bonchev–Trinajstić information content (AvgIpc) is 3.66. The number of halogens is 6. The molecule has 7 nitrogen and oxygen atoms in total. The number of likely N-dealkylation sites (N-methyl/N-ethyl adjacent to an activating group) is 1. The van der Waals surface area contributed by atoms with Crippen LogP contribution in [0, 0.1) is 11.8 Å². The van der Waals surface area contributed by atoms with Gasteiger partial charge in [-0.25, -0.2) is 15.2 Å². The third-order valence-corrected chi connectivity index (χ3v) is 10.1. The first-order valence-corrected chi connectivity index (χ1v) is 15.5. The normalized spacial score (nSPS) is 23.7. The van der Waals surface area contributed by atoms with Crippen molar-refractivity contribution in [1.82, 2.24) is 29.2 Å². The molecule has 0 spiro atoms. The molecule has 2 saturated heterocycles. The van der Waals surface area contributed by atoms with E-state index in [0.29, 0.717) is 24.3 Å². The lowest BCUT2D eigenvalue weighted by Crippen LogP contribution is -2.52. The molecule has 2 atom stereocenters. The van der Waals surface area contributed by atoms with E-state index in [1.54, 1.807) is 6.07 Å². The Morgan fingerprint density at radius 1 is 1.00 bits per heavy atom. The SMILES string of the molecule is CN1CNN(C2CC=CC2)C1[C@@H](c1cccc(-n2cc3c(C(F)(F)F)cc(CN4CC(C(F)(F)F)C4)cn3c2=O)c1)C1CCC1. The number of aromatic nitrogens is 2. The highest BCUT2D eigenvalue weighted by Gasteiger charge is 2.47. The van der Waals surface area contributed by atoms with E-state index in [0.717, 1.165) is 48.1 Å². The fourth-order valence-corrected chi connectivity index (χ4v) is 7.49. The number of pyridine rings is 1. The Hall–Kier alpha value is -3.13. The lowest BCUT2D eigenvalue weighted by Gasteiger charge is -2.44. The second kappa shape index (κ2) is 11.3. The summed E-state index contributed by atoms with van der Waals surface area (Å²) in [5.74, 6) is -0.932. The molecular formula is C32H36F6N6O. The summed E-state index contributed by atoms with van der Waals surface area (Å²) in [6.45, 7) is 0.0330. The van der Waals surface area contributed by atoms with Crippen LogP contribution in [0.25, 0.3) is 11.2 Å². The first-order chi connectivity index (χ1) is 21.4. The van der Waals surface area contributed by atoms with Crippen LogP contribution >= 0.6 is 0 Å². The van der Waals surface area contributed by atoms with Crippen molar-refractivity contribution in [3.63, 3.8) is 0 Å². The van der Waals surface area contributed by atoms with Gasteiger partial charge in [-0.05, 0) is 68.0 Å². The number of nitrogens with zero attached hydrogens (tertiary/aromatic N) is 5. The van der Waals surface area contributed by atoms with Gasteiger partial charge in [0, 0.05) is 44.0 Å². The highest BCUT2D eigenvalue weighted by molar-refractivity contribution is 5.58. The maximum atomic E-state index is 14.3. The second-order valence-electron chi connectivity index (χ2n) is 13.0. The van der Waals surface area contributed by atoms with Crippen LogP contribution in [0.2, 0.25) is 0 Å². The molecule has 45 heavy (non-hydrogen) atoms. The Morgan fingerprint density at radius 2 is 1.73 bits per heavy atom. The van der Waals surface area contributed by atoms with Gasteiger partial charge in [0.2, 0.25) is 0 Å². The molecule has 1 N–H and O–H groups in total. The molecule has 2 aromatic heterocycles. The molecule has 0 amide bonds. The van der Waals surface area contributed by atoms with Crippen molar-refractivity contribution in [2.24, 2.45) is 11.8 Å². The van der Waals surface area contributed by atoms with E-state index < -0.39 is 29.5 Å². The summed E-state index contributed by atoms with van der Waals surface area (Å²) in [5.41, 5.74) is 3.26. The predicted octanol–water partition coefficient (Wildman–Crippen LogP) is 5.74. The summed E-state index contributed by atoms with van der Waals surface area (Å²) in [5, 5.41) is 2.36. The second-order valence-corrected chi connectivity index (χ2v) is 13.0. The molecule has 7 rings (SSSR count). The van der Waals surface area contributed by atoms with Gasteiger partial charge in [0.15, 0.2) is 0 Å². The maximum Gasteiger partial charge on any atom is 0.418 e. The summed E-state index contributed by atoms with van der Waals surface area (Å²) in [4.78, 5) is 17.4. The van der Waals surface area contributed by atoms with Crippen molar-refractivity contribution in [2.75, 3.05) is 26.8 Å². The molecule has 1 unspecified atom stereocenters. The van der Waals surface area contributed by atoms with Crippen LogP contribution in [0.1, 0.15) is 54.7 Å². The van der Waals surface area contributed by atoms with Crippen molar-refractivity contribution in [3.05, 3.63) is 82.1 Å². The first-order valence-electron chi connectivity index (χ1n) is 15.5. The fourth-order valence-electron chi connectivity index (χ4n) is 7.49. The highest BCUT2D eigenvalue weighted by Crippen LogP contribution is 2.45. The van der Waals surface area contributed by atoms with Gasteiger partial charge in [-0.2, -0.15) is 26.3 Å². The minimum atomic E-state index is -4.76. The summed E-state index contributed by atoms with van der Waals surface area (Å²) < 4.78 is 83.9. The molecule has 1 aromatic carbocycles. The van der Waals surface area contributed by atoms with E-state index in [1.807, 2.05) is 18.2 Å². The number of likely N-dealkylation sites (tertiary alicyclic amines) is 1. The fraction of sp³-hybridized carbons (Fsp3) is 0.531. The number of hydrogen-bond donors (Lipinski definition) is 1. The van der Waals surface area contributed by atoms with Crippen LogP contribution in [0.4, 0.5) is 26.3 Å². The van der Waals surface area contributed by atoms with Crippen LogP contribution in [0.5, 0.6) is 0 Å². The quantitative estimate of drug-likeness (QED) is 0.266. The van der Waals surface area contributed by atoms with Gasteiger partial charge in [0.25, 0.3) is 0 Å². The number of rotatable bonds is 7. The van der Waals surface area contributed by atoms with Crippen LogP contribution in [0.15, 0.2) is 59.7 Å². The van der Waals surface area contributed by atoms with E-state index >= 15 is 0 Å². The molecule has 0 radical (unpaired) electrons. The Morgan fingerprint density at radius 3 is 2.38 bits per heavy atom. The van der Waals surface area contributed by atoms with Crippen LogP contribution in [0.3, 0.4) is 0 Å². The van der Waals surface area contributed by atoms with E-state index in [2.05, 4.69) is 34.5 Å². The zero-order valence-electron chi connectivity index (χ0n) is 24.9. The lowest BCUT2D eigenvalue weighted by atomic mass is 9.71. The van der Waals surface area contributed by atoms with Gasteiger partial charge < -0.3 is 0 Å². The summed E-state index contributed by atoms with van der Waals surface area (Å²) in [6.07, 6.45) is 3.17. The van der Waals surface area contributed by atoms with Gasteiger partial charge in [0.1, 0.15) is 0 Å². The smallest absolute Gasteiger partial charge is 0.298 e. The molecule has 4 aliphatic rings. The molecule has 4 heterocycles. The molecule has 0 bridgehead atoms. The van der Waals surface area contributed by atoms with Crippen molar-refractivity contribution in [3.8, 4) is 5.69 Å². The molecule has 1 saturated carbocycles. The van der Waals surface area contributed by atoms with Gasteiger partial charge in [-0.15, -0.1) is 0 Å². The molecule has 2 aliphatic heterocycles. The number of nitrogens with one attached hydrogen (secondary N) is 1.